The van der Waals surface area contributed by atoms with Crippen LogP contribution in [0.2, 0.25) is 0 Å². The first-order valence-corrected chi connectivity index (χ1v) is 7.74. The van der Waals surface area contributed by atoms with Crippen molar-refractivity contribution >= 4 is 17.1 Å². The summed E-state index contributed by atoms with van der Waals surface area (Å²) in [4.78, 5) is 2.26. The lowest BCUT2D eigenvalue weighted by Gasteiger charge is -2.33. The Morgan fingerprint density at radius 2 is 1.30 bits per heavy atom. The van der Waals surface area contributed by atoms with Crippen molar-refractivity contribution in [1.82, 2.24) is 0 Å². The Labute approximate surface area is 137 Å². The standard InChI is InChI=1S/C20H21N3/c21-15-20(16-8-7-9-17(22)14-16)23(18-10-3-1-4-11-18)19-12-5-2-6-13-19/h1-14,20H,15,21-22H2. The summed E-state index contributed by atoms with van der Waals surface area (Å²) >= 11 is 0. The van der Waals surface area contributed by atoms with Gasteiger partial charge in [0.2, 0.25) is 0 Å². The van der Waals surface area contributed by atoms with Gasteiger partial charge in [0.25, 0.3) is 0 Å². The van der Waals surface area contributed by atoms with Crippen LogP contribution < -0.4 is 16.4 Å². The van der Waals surface area contributed by atoms with Gasteiger partial charge in [-0.2, -0.15) is 0 Å². The van der Waals surface area contributed by atoms with E-state index in [2.05, 4.69) is 35.2 Å². The predicted octanol–water partition coefficient (Wildman–Crippen LogP) is 4.11. The second-order valence-electron chi connectivity index (χ2n) is 5.46. The first-order valence-electron chi connectivity index (χ1n) is 7.74. The zero-order valence-corrected chi connectivity index (χ0v) is 13.0. The first kappa shape index (κ1) is 15.1. The van der Waals surface area contributed by atoms with Crippen molar-refractivity contribution < 1.29 is 0 Å². The van der Waals surface area contributed by atoms with Gasteiger partial charge in [0, 0.05) is 23.6 Å². The maximum Gasteiger partial charge on any atom is 0.0714 e. The van der Waals surface area contributed by atoms with Gasteiger partial charge in [-0.25, -0.2) is 0 Å². The van der Waals surface area contributed by atoms with Crippen LogP contribution in [-0.2, 0) is 0 Å². The van der Waals surface area contributed by atoms with Gasteiger partial charge in [0.05, 0.1) is 6.04 Å². The fraction of sp³-hybridized carbons (Fsp3) is 0.100. The molecular weight excluding hydrogens is 282 g/mol. The van der Waals surface area contributed by atoms with Crippen LogP contribution in [0.4, 0.5) is 17.1 Å². The fourth-order valence-electron chi connectivity index (χ4n) is 2.84. The van der Waals surface area contributed by atoms with Gasteiger partial charge in [-0.05, 0) is 42.0 Å². The minimum atomic E-state index is 0.0169. The van der Waals surface area contributed by atoms with E-state index in [-0.39, 0.29) is 6.04 Å². The molecule has 3 aromatic carbocycles. The fourth-order valence-corrected chi connectivity index (χ4v) is 2.84. The highest BCUT2D eigenvalue weighted by atomic mass is 15.2. The average molecular weight is 303 g/mol. The highest BCUT2D eigenvalue weighted by Gasteiger charge is 2.21. The molecule has 4 N–H and O–H groups in total. The third-order valence-electron chi connectivity index (χ3n) is 3.90. The van der Waals surface area contributed by atoms with E-state index in [0.29, 0.717) is 6.54 Å². The quantitative estimate of drug-likeness (QED) is 0.697. The van der Waals surface area contributed by atoms with Gasteiger partial charge >= 0.3 is 0 Å². The Morgan fingerprint density at radius 3 is 1.78 bits per heavy atom. The highest BCUT2D eigenvalue weighted by Crippen LogP contribution is 2.34. The molecule has 0 spiro atoms. The van der Waals surface area contributed by atoms with E-state index in [1.165, 1.54) is 0 Å². The molecule has 116 valence electrons. The summed E-state index contributed by atoms with van der Waals surface area (Å²) in [7, 11) is 0. The third kappa shape index (κ3) is 3.35. The topological polar surface area (TPSA) is 55.3 Å². The largest absolute Gasteiger partial charge is 0.399 e. The number of nitrogens with two attached hydrogens (primary N) is 2. The number of hydrogen-bond acceptors (Lipinski definition) is 3. The number of hydrogen-bond donors (Lipinski definition) is 2. The molecule has 0 radical (unpaired) electrons. The van der Waals surface area contributed by atoms with Crippen LogP contribution in [0.3, 0.4) is 0 Å². The summed E-state index contributed by atoms with van der Waals surface area (Å²) in [6, 6.07) is 28.6. The molecule has 0 saturated heterocycles. The maximum atomic E-state index is 6.15. The van der Waals surface area contributed by atoms with Crippen LogP contribution in [0.5, 0.6) is 0 Å². The lowest BCUT2D eigenvalue weighted by Crippen LogP contribution is -2.30. The van der Waals surface area contributed by atoms with Crippen molar-refractivity contribution in [3.63, 3.8) is 0 Å². The van der Waals surface area contributed by atoms with Crippen LogP contribution in [0.25, 0.3) is 0 Å². The molecule has 1 unspecified atom stereocenters. The molecule has 0 aliphatic rings. The van der Waals surface area contributed by atoms with E-state index in [1.54, 1.807) is 0 Å². The molecule has 0 saturated carbocycles. The summed E-state index contributed by atoms with van der Waals surface area (Å²) < 4.78 is 0. The smallest absolute Gasteiger partial charge is 0.0714 e. The minimum Gasteiger partial charge on any atom is -0.399 e. The number of anilines is 3. The van der Waals surface area contributed by atoms with E-state index in [9.17, 15) is 0 Å². The number of para-hydroxylation sites is 2. The van der Waals surface area contributed by atoms with Gasteiger partial charge in [-0.1, -0.05) is 48.5 Å². The molecule has 3 heteroatoms. The van der Waals surface area contributed by atoms with E-state index < -0.39 is 0 Å². The molecule has 3 nitrogen and oxygen atoms in total. The van der Waals surface area contributed by atoms with E-state index >= 15 is 0 Å². The second-order valence-corrected chi connectivity index (χ2v) is 5.46. The van der Waals surface area contributed by atoms with Crippen molar-refractivity contribution in [2.24, 2.45) is 5.73 Å². The molecule has 1 atom stereocenters. The second kappa shape index (κ2) is 6.99. The van der Waals surface area contributed by atoms with Crippen molar-refractivity contribution in [3.8, 4) is 0 Å². The number of nitrogens with zero attached hydrogens (tertiary/aromatic N) is 1. The van der Waals surface area contributed by atoms with Gasteiger partial charge in [0.15, 0.2) is 0 Å². The number of benzene rings is 3. The zero-order valence-electron chi connectivity index (χ0n) is 13.0. The summed E-state index contributed by atoms with van der Waals surface area (Å²) in [5.74, 6) is 0. The summed E-state index contributed by atoms with van der Waals surface area (Å²) in [5.41, 5.74) is 16.2. The molecule has 3 rings (SSSR count). The molecule has 0 aliphatic carbocycles. The SMILES string of the molecule is NCC(c1cccc(N)c1)N(c1ccccc1)c1ccccc1. The van der Waals surface area contributed by atoms with Crippen molar-refractivity contribution in [2.45, 2.75) is 6.04 Å². The van der Waals surface area contributed by atoms with Crippen molar-refractivity contribution in [1.29, 1.82) is 0 Å². The maximum absolute atomic E-state index is 6.15. The van der Waals surface area contributed by atoms with E-state index in [1.807, 2.05) is 54.6 Å². The lowest BCUT2D eigenvalue weighted by molar-refractivity contribution is 0.707. The van der Waals surface area contributed by atoms with Crippen LogP contribution >= 0.6 is 0 Å². The van der Waals surface area contributed by atoms with Gasteiger partial charge in [-0.15, -0.1) is 0 Å². The van der Waals surface area contributed by atoms with Gasteiger partial charge in [-0.3, -0.25) is 0 Å². The van der Waals surface area contributed by atoms with Crippen molar-refractivity contribution in [2.75, 3.05) is 17.2 Å². The van der Waals surface area contributed by atoms with Crippen LogP contribution in [0.1, 0.15) is 11.6 Å². The Morgan fingerprint density at radius 1 is 0.739 bits per heavy atom. The van der Waals surface area contributed by atoms with E-state index in [4.69, 9.17) is 11.5 Å². The minimum absolute atomic E-state index is 0.0169. The molecule has 0 bridgehead atoms. The molecule has 3 aromatic rings. The predicted molar refractivity (Wildman–Crippen MR) is 97.7 cm³/mol. The Balaban J connectivity index is 2.10. The first-order chi connectivity index (χ1) is 11.3. The lowest BCUT2D eigenvalue weighted by atomic mass is 10.0. The van der Waals surface area contributed by atoms with Gasteiger partial charge < -0.3 is 16.4 Å². The normalized spacial score (nSPS) is 11.9. The van der Waals surface area contributed by atoms with Crippen molar-refractivity contribution in [3.05, 3.63) is 90.5 Å². The third-order valence-corrected chi connectivity index (χ3v) is 3.90. The summed E-state index contributed by atoms with van der Waals surface area (Å²) in [5, 5.41) is 0. The molecule has 0 amide bonds. The molecule has 0 aliphatic heterocycles. The summed E-state index contributed by atoms with van der Waals surface area (Å²) in [6.45, 7) is 0.493. The average Bonchev–Trinajstić information content (AvgIpc) is 2.61. The zero-order chi connectivity index (χ0) is 16.1. The summed E-state index contributed by atoms with van der Waals surface area (Å²) in [6.07, 6.45) is 0. The highest BCUT2D eigenvalue weighted by molar-refractivity contribution is 5.65. The van der Waals surface area contributed by atoms with E-state index in [0.717, 1.165) is 22.6 Å². The molecule has 0 aromatic heterocycles. The van der Waals surface area contributed by atoms with Crippen LogP contribution in [0.15, 0.2) is 84.9 Å². The Kier molecular flexibility index (Phi) is 4.60. The molecular formula is C20H21N3. The van der Waals surface area contributed by atoms with Crippen LogP contribution in [-0.4, -0.2) is 6.54 Å². The monoisotopic (exact) mass is 303 g/mol. The number of rotatable bonds is 5. The van der Waals surface area contributed by atoms with Crippen LogP contribution in [0, 0.1) is 0 Å². The Bertz CT molecular complexity index is 702. The number of nitrogen functional groups attached to an aromatic ring is 1. The van der Waals surface area contributed by atoms with Gasteiger partial charge in [0.1, 0.15) is 0 Å². The molecule has 0 fully saturated rings. The molecule has 0 heterocycles. The molecule has 23 heavy (non-hydrogen) atoms. The Hall–Kier alpha value is -2.78.